The van der Waals surface area contributed by atoms with Crippen molar-refractivity contribution in [2.75, 3.05) is 19.0 Å². The molecule has 0 aliphatic heterocycles. The smallest absolute Gasteiger partial charge is 0.339 e. The molecule has 0 bridgehead atoms. The van der Waals surface area contributed by atoms with E-state index in [1.54, 1.807) is 31.4 Å². The summed E-state index contributed by atoms with van der Waals surface area (Å²) in [6.45, 7) is -0.619. The number of anilines is 1. The second-order valence-electron chi connectivity index (χ2n) is 8.89. The Morgan fingerprint density at radius 3 is 2.44 bits per heavy atom. The number of hydrogen-bond acceptors (Lipinski definition) is 7. The Morgan fingerprint density at radius 1 is 0.897 bits per heavy atom. The van der Waals surface area contributed by atoms with Crippen LogP contribution in [-0.4, -0.2) is 39.7 Å². The lowest BCUT2D eigenvalue weighted by Gasteiger charge is -2.12. The summed E-state index contributed by atoms with van der Waals surface area (Å²) in [5.74, 6) is -0.664. The van der Waals surface area contributed by atoms with Crippen molar-refractivity contribution in [1.29, 1.82) is 0 Å². The third kappa shape index (κ3) is 4.99. The number of aromatic nitrogens is 3. The first-order chi connectivity index (χ1) is 18.7. The number of fused-ring (bicyclic) bond motifs is 2. The van der Waals surface area contributed by atoms with Crippen LogP contribution in [0, 0.1) is 0 Å². The Kier molecular flexibility index (Phi) is 6.68. The molecule has 10 nitrogen and oxygen atoms in total. The first kappa shape index (κ1) is 25.4. The van der Waals surface area contributed by atoms with E-state index in [1.165, 1.54) is 14.1 Å². The summed E-state index contributed by atoms with van der Waals surface area (Å²) in [4.78, 5) is 54.4. The van der Waals surface area contributed by atoms with Gasteiger partial charge in [0.05, 0.1) is 23.9 Å². The largest absolute Gasteiger partial charge is 0.497 e. The maximum Gasteiger partial charge on any atom is 0.339 e. The Bertz CT molecular complexity index is 1890. The van der Waals surface area contributed by atoms with Crippen LogP contribution < -0.4 is 21.3 Å². The van der Waals surface area contributed by atoms with Crippen LogP contribution >= 0.6 is 0 Å². The molecule has 5 rings (SSSR count). The summed E-state index contributed by atoms with van der Waals surface area (Å²) >= 11 is 0. The maximum absolute atomic E-state index is 13.1. The van der Waals surface area contributed by atoms with Crippen molar-refractivity contribution < 1.29 is 19.1 Å². The average Bonchev–Trinajstić information content (AvgIpc) is 2.96. The number of nitrogens with one attached hydrogen (secondary N) is 1. The molecule has 0 saturated carbocycles. The van der Waals surface area contributed by atoms with Crippen LogP contribution in [-0.2, 0) is 23.6 Å². The monoisotopic (exact) mass is 524 g/mol. The molecule has 0 radical (unpaired) electrons. The van der Waals surface area contributed by atoms with E-state index in [9.17, 15) is 19.2 Å². The minimum atomic E-state index is -0.714. The van der Waals surface area contributed by atoms with Crippen molar-refractivity contribution in [1.82, 2.24) is 14.1 Å². The van der Waals surface area contributed by atoms with Gasteiger partial charge in [0, 0.05) is 31.1 Å². The number of carbonyl (C=O) groups is 2. The van der Waals surface area contributed by atoms with Crippen molar-refractivity contribution in [3.63, 3.8) is 0 Å². The topological polar surface area (TPSA) is 122 Å². The van der Waals surface area contributed by atoms with Gasteiger partial charge in [0.15, 0.2) is 6.61 Å². The average molecular weight is 525 g/mol. The number of nitrogens with zero attached hydrogens (tertiary/aromatic N) is 3. The first-order valence-electron chi connectivity index (χ1n) is 12.0. The molecule has 5 aromatic rings. The van der Waals surface area contributed by atoms with Crippen LogP contribution in [0.25, 0.3) is 32.9 Å². The molecular weight excluding hydrogens is 500 g/mol. The van der Waals surface area contributed by atoms with E-state index in [0.29, 0.717) is 16.6 Å². The molecule has 0 saturated heterocycles. The van der Waals surface area contributed by atoms with Crippen LogP contribution in [0.5, 0.6) is 5.75 Å². The number of esters is 1. The Labute approximate surface area is 222 Å². The SMILES string of the molecule is COc1ccc2cc(-c3cc(C(=O)OCC(=O)Nc4cc(=O)n(C)c(=O)n4C)c4ccccc4n3)ccc2c1. The predicted octanol–water partition coefficient (Wildman–Crippen LogP) is 3.26. The minimum Gasteiger partial charge on any atom is -0.497 e. The molecule has 0 fully saturated rings. The number of para-hydroxylation sites is 1. The van der Waals surface area contributed by atoms with Gasteiger partial charge in [-0.05, 0) is 41.1 Å². The van der Waals surface area contributed by atoms with Crippen molar-refractivity contribution in [3.05, 3.63) is 99.2 Å². The Morgan fingerprint density at radius 2 is 1.64 bits per heavy atom. The molecule has 0 atom stereocenters. The number of benzene rings is 3. The lowest BCUT2D eigenvalue weighted by Crippen LogP contribution is -2.38. The van der Waals surface area contributed by atoms with E-state index in [4.69, 9.17) is 14.5 Å². The lowest BCUT2D eigenvalue weighted by atomic mass is 10.0. The fourth-order valence-electron chi connectivity index (χ4n) is 4.24. The number of amides is 1. The predicted molar refractivity (Wildman–Crippen MR) is 147 cm³/mol. The normalized spacial score (nSPS) is 10.9. The standard InChI is InChI=1S/C29H24N4O6/c1-32-25(15-27(35)33(2)29(32)37)31-26(34)16-39-28(36)22-14-24(30-23-7-5-4-6-21(22)23)19-9-8-18-13-20(38-3)11-10-17(18)12-19/h4-15H,16H2,1-3H3,(H,31,34). The summed E-state index contributed by atoms with van der Waals surface area (Å²) in [7, 11) is 4.36. The molecule has 2 heterocycles. The molecule has 3 aromatic carbocycles. The fraction of sp³-hybridized carbons (Fsp3) is 0.138. The van der Waals surface area contributed by atoms with E-state index in [0.717, 1.165) is 37.3 Å². The number of rotatable bonds is 6. The molecule has 10 heteroatoms. The summed E-state index contributed by atoms with van der Waals surface area (Å²) in [6, 6.07) is 21.5. The molecule has 0 aliphatic rings. The molecule has 0 aliphatic carbocycles. The highest BCUT2D eigenvalue weighted by atomic mass is 16.5. The van der Waals surface area contributed by atoms with Gasteiger partial charge in [-0.3, -0.25) is 18.7 Å². The highest BCUT2D eigenvalue weighted by Gasteiger charge is 2.18. The Hall–Kier alpha value is -5.25. The van der Waals surface area contributed by atoms with E-state index < -0.39 is 29.7 Å². The van der Waals surface area contributed by atoms with Gasteiger partial charge in [0.1, 0.15) is 11.6 Å². The lowest BCUT2D eigenvalue weighted by molar-refractivity contribution is -0.119. The summed E-state index contributed by atoms with van der Waals surface area (Å²) in [5, 5.41) is 4.99. The number of pyridine rings is 1. The molecular formula is C29H24N4O6. The van der Waals surface area contributed by atoms with Gasteiger partial charge in [-0.2, -0.15) is 0 Å². The van der Waals surface area contributed by atoms with Crippen LogP contribution in [0.4, 0.5) is 5.82 Å². The second kappa shape index (κ2) is 10.3. The highest BCUT2D eigenvalue weighted by molar-refractivity contribution is 6.05. The Balaban J connectivity index is 1.42. The van der Waals surface area contributed by atoms with Crippen LogP contribution in [0.1, 0.15) is 10.4 Å². The van der Waals surface area contributed by atoms with Crippen LogP contribution in [0.3, 0.4) is 0 Å². The van der Waals surface area contributed by atoms with Crippen LogP contribution in [0.2, 0.25) is 0 Å². The van der Waals surface area contributed by atoms with Crippen molar-refractivity contribution in [2.45, 2.75) is 0 Å². The summed E-state index contributed by atoms with van der Waals surface area (Å²) in [5.41, 5.74) is 1.04. The molecule has 196 valence electrons. The van der Waals surface area contributed by atoms with Gasteiger partial charge in [0.2, 0.25) is 0 Å². The zero-order valence-electron chi connectivity index (χ0n) is 21.4. The molecule has 1 amide bonds. The fourth-order valence-corrected chi connectivity index (χ4v) is 4.24. The summed E-state index contributed by atoms with van der Waals surface area (Å²) < 4.78 is 12.6. The van der Waals surface area contributed by atoms with E-state index in [1.807, 2.05) is 42.5 Å². The van der Waals surface area contributed by atoms with Gasteiger partial charge in [-0.1, -0.05) is 36.4 Å². The molecule has 39 heavy (non-hydrogen) atoms. The van der Waals surface area contributed by atoms with Gasteiger partial charge in [-0.25, -0.2) is 14.6 Å². The quantitative estimate of drug-likeness (QED) is 0.339. The zero-order chi connectivity index (χ0) is 27.7. The van der Waals surface area contributed by atoms with Crippen molar-refractivity contribution in [2.24, 2.45) is 14.1 Å². The van der Waals surface area contributed by atoms with E-state index in [2.05, 4.69) is 5.32 Å². The molecule has 0 spiro atoms. The number of methoxy groups -OCH3 is 1. The molecule has 2 aromatic heterocycles. The van der Waals surface area contributed by atoms with E-state index >= 15 is 0 Å². The van der Waals surface area contributed by atoms with Crippen molar-refractivity contribution >= 4 is 39.4 Å². The molecule has 1 N–H and O–H groups in total. The van der Waals surface area contributed by atoms with Gasteiger partial charge in [-0.15, -0.1) is 0 Å². The van der Waals surface area contributed by atoms with E-state index in [-0.39, 0.29) is 11.4 Å². The number of ether oxygens (including phenoxy) is 2. The second-order valence-corrected chi connectivity index (χ2v) is 8.89. The zero-order valence-corrected chi connectivity index (χ0v) is 21.4. The van der Waals surface area contributed by atoms with Gasteiger partial charge < -0.3 is 14.8 Å². The highest BCUT2D eigenvalue weighted by Crippen LogP contribution is 2.29. The van der Waals surface area contributed by atoms with Gasteiger partial charge in [0.25, 0.3) is 11.5 Å². The molecule has 0 unspecified atom stereocenters. The number of carbonyl (C=O) groups excluding carboxylic acids is 2. The third-order valence-corrected chi connectivity index (χ3v) is 6.41. The minimum absolute atomic E-state index is 0.00489. The maximum atomic E-state index is 13.1. The third-order valence-electron chi connectivity index (χ3n) is 6.41. The van der Waals surface area contributed by atoms with Crippen LogP contribution in [0.15, 0.2) is 82.4 Å². The number of hydrogen-bond donors (Lipinski definition) is 1. The first-order valence-corrected chi connectivity index (χ1v) is 12.0. The van der Waals surface area contributed by atoms with Gasteiger partial charge >= 0.3 is 11.7 Å². The van der Waals surface area contributed by atoms with Crippen molar-refractivity contribution in [3.8, 4) is 17.0 Å². The summed E-state index contributed by atoms with van der Waals surface area (Å²) in [6.07, 6.45) is 0.